The summed E-state index contributed by atoms with van der Waals surface area (Å²) >= 11 is 0. The lowest BCUT2D eigenvalue weighted by Crippen LogP contribution is -2.47. The SMILES string of the molecule is Cc1cccc(CN2CC(n3cc(C(C)O)nn3)C2)c1. The summed E-state index contributed by atoms with van der Waals surface area (Å²) in [6.07, 6.45) is 1.30. The fourth-order valence-electron chi connectivity index (χ4n) is 2.57. The maximum absolute atomic E-state index is 9.46. The van der Waals surface area contributed by atoms with E-state index in [9.17, 15) is 5.11 Å². The van der Waals surface area contributed by atoms with Gasteiger partial charge in [0.2, 0.25) is 0 Å². The monoisotopic (exact) mass is 272 g/mol. The Hall–Kier alpha value is -1.72. The number of aliphatic hydroxyl groups excluding tert-OH is 1. The molecule has 1 unspecified atom stereocenters. The molecule has 5 heteroatoms. The summed E-state index contributed by atoms with van der Waals surface area (Å²) in [5.41, 5.74) is 3.30. The summed E-state index contributed by atoms with van der Waals surface area (Å²) in [5.74, 6) is 0. The number of hydrogen-bond acceptors (Lipinski definition) is 4. The van der Waals surface area contributed by atoms with Crippen molar-refractivity contribution < 1.29 is 5.11 Å². The molecule has 1 aliphatic rings. The Labute approximate surface area is 118 Å². The predicted molar refractivity (Wildman–Crippen MR) is 76.1 cm³/mol. The molecule has 0 radical (unpaired) electrons. The van der Waals surface area contributed by atoms with Crippen molar-refractivity contribution in [1.82, 2.24) is 19.9 Å². The van der Waals surface area contributed by atoms with Gasteiger partial charge in [0.25, 0.3) is 0 Å². The quantitative estimate of drug-likeness (QED) is 0.920. The lowest BCUT2D eigenvalue weighted by molar-refractivity contribution is 0.0895. The zero-order valence-electron chi connectivity index (χ0n) is 11.9. The van der Waals surface area contributed by atoms with Crippen LogP contribution >= 0.6 is 0 Å². The zero-order chi connectivity index (χ0) is 14.1. The molecule has 5 nitrogen and oxygen atoms in total. The van der Waals surface area contributed by atoms with Crippen LogP contribution in [-0.4, -0.2) is 38.1 Å². The summed E-state index contributed by atoms with van der Waals surface area (Å²) in [5, 5.41) is 17.5. The van der Waals surface area contributed by atoms with Crippen molar-refractivity contribution >= 4 is 0 Å². The Balaban J connectivity index is 1.55. The molecule has 20 heavy (non-hydrogen) atoms. The highest BCUT2D eigenvalue weighted by molar-refractivity contribution is 5.22. The first-order valence-corrected chi connectivity index (χ1v) is 6.99. The number of benzene rings is 1. The summed E-state index contributed by atoms with van der Waals surface area (Å²) in [4.78, 5) is 2.39. The molecule has 2 heterocycles. The van der Waals surface area contributed by atoms with Crippen LogP contribution in [0.15, 0.2) is 30.5 Å². The maximum Gasteiger partial charge on any atom is 0.111 e. The van der Waals surface area contributed by atoms with Crippen LogP contribution in [0.5, 0.6) is 0 Å². The highest BCUT2D eigenvalue weighted by Gasteiger charge is 2.29. The molecule has 0 saturated carbocycles. The van der Waals surface area contributed by atoms with Gasteiger partial charge in [-0.3, -0.25) is 4.90 Å². The van der Waals surface area contributed by atoms with Crippen molar-refractivity contribution in [3.63, 3.8) is 0 Å². The molecule has 106 valence electrons. The third-order valence-corrected chi connectivity index (χ3v) is 3.76. The molecule has 1 N–H and O–H groups in total. The van der Waals surface area contributed by atoms with Gasteiger partial charge in [-0.15, -0.1) is 5.10 Å². The number of likely N-dealkylation sites (tertiary alicyclic amines) is 1. The molecule has 1 aromatic carbocycles. The molecule has 1 aromatic heterocycles. The van der Waals surface area contributed by atoms with E-state index in [0.717, 1.165) is 19.6 Å². The van der Waals surface area contributed by atoms with E-state index in [2.05, 4.69) is 46.4 Å². The van der Waals surface area contributed by atoms with Crippen LogP contribution in [0.3, 0.4) is 0 Å². The molecule has 0 spiro atoms. The average Bonchev–Trinajstić information content (AvgIpc) is 2.82. The van der Waals surface area contributed by atoms with Crippen molar-refractivity contribution in [2.24, 2.45) is 0 Å². The lowest BCUT2D eigenvalue weighted by atomic mass is 10.1. The van der Waals surface area contributed by atoms with Gasteiger partial charge < -0.3 is 5.11 Å². The van der Waals surface area contributed by atoms with Crippen LogP contribution < -0.4 is 0 Å². The normalized spacial score (nSPS) is 17.9. The topological polar surface area (TPSA) is 54.2 Å². The number of hydrogen-bond donors (Lipinski definition) is 1. The first kappa shape index (κ1) is 13.3. The van der Waals surface area contributed by atoms with Crippen LogP contribution in [-0.2, 0) is 6.54 Å². The fourth-order valence-corrected chi connectivity index (χ4v) is 2.57. The number of aliphatic hydroxyl groups is 1. The van der Waals surface area contributed by atoms with Gasteiger partial charge in [-0.1, -0.05) is 35.0 Å². The van der Waals surface area contributed by atoms with Crippen molar-refractivity contribution in [3.05, 3.63) is 47.3 Å². The van der Waals surface area contributed by atoms with E-state index in [1.54, 1.807) is 6.92 Å². The van der Waals surface area contributed by atoms with E-state index < -0.39 is 6.10 Å². The highest BCUT2D eigenvalue weighted by Crippen LogP contribution is 2.23. The molecule has 0 bridgehead atoms. The number of aryl methyl sites for hydroxylation is 1. The first-order valence-electron chi connectivity index (χ1n) is 6.99. The second-order valence-corrected chi connectivity index (χ2v) is 5.64. The Morgan fingerprint density at radius 1 is 1.40 bits per heavy atom. The van der Waals surface area contributed by atoms with Crippen LogP contribution in [0.2, 0.25) is 0 Å². The maximum atomic E-state index is 9.46. The number of rotatable bonds is 4. The zero-order valence-corrected chi connectivity index (χ0v) is 11.9. The van der Waals surface area contributed by atoms with Gasteiger partial charge in [0.05, 0.1) is 18.3 Å². The molecule has 2 aromatic rings. The minimum atomic E-state index is -0.549. The molecule has 1 atom stereocenters. The molecule has 0 amide bonds. The third kappa shape index (κ3) is 2.73. The van der Waals surface area contributed by atoms with Crippen LogP contribution in [0.1, 0.15) is 35.9 Å². The van der Waals surface area contributed by atoms with E-state index in [0.29, 0.717) is 11.7 Å². The van der Waals surface area contributed by atoms with Gasteiger partial charge in [0, 0.05) is 19.6 Å². The van der Waals surface area contributed by atoms with E-state index in [1.807, 2.05) is 10.9 Å². The molecule has 3 rings (SSSR count). The highest BCUT2D eigenvalue weighted by atomic mass is 16.3. The van der Waals surface area contributed by atoms with Gasteiger partial charge >= 0.3 is 0 Å². The van der Waals surface area contributed by atoms with Crippen LogP contribution in [0, 0.1) is 6.92 Å². The summed E-state index contributed by atoms with van der Waals surface area (Å²) < 4.78 is 1.87. The molecule has 1 fully saturated rings. The third-order valence-electron chi connectivity index (χ3n) is 3.76. The van der Waals surface area contributed by atoms with Gasteiger partial charge in [-0.2, -0.15) is 0 Å². The molecule has 0 aliphatic carbocycles. The van der Waals surface area contributed by atoms with Crippen molar-refractivity contribution in [3.8, 4) is 0 Å². The molecule has 1 saturated heterocycles. The Morgan fingerprint density at radius 2 is 2.20 bits per heavy atom. The van der Waals surface area contributed by atoms with Crippen molar-refractivity contribution in [2.75, 3.05) is 13.1 Å². The average molecular weight is 272 g/mol. The summed E-state index contributed by atoms with van der Waals surface area (Å²) in [7, 11) is 0. The Bertz CT molecular complexity index is 587. The molecule has 1 aliphatic heterocycles. The van der Waals surface area contributed by atoms with E-state index in [4.69, 9.17) is 0 Å². The Kier molecular flexibility index (Phi) is 3.54. The van der Waals surface area contributed by atoms with Gasteiger partial charge in [-0.05, 0) is 19.4 Å². The number of nitrogens with zero attached hydrogens (tertiary/aromatic N) is 4. The minimum Gasteiger partial charge on any atom is -0.387 e. The van der Waals surface area contributed by atoms with Gasteiger partial charge in [0.1, 0.15) is 5.69 Å². The second kappa shape index (κ2) is 5.34. The molecular weight excluding hydrogens is 252 g/mol. The van der Waals surface area contributed by atoms with Gasteiger partial charge in [-0.25, -0.2) is 4.68 Å². The van der Waals surface area contributed by atoms with E-state index in [-0.39, 0.29) is 0 Å². The molecular formula is C15H20N4O. The van der Waals surface area contributed by atoms with Crippen molar-refractivity contribution in [2.45, 2.75) is 32.5 Å². The predicted octanol–water partition coefficient (Wildman–Crippen LogP) is 1.70. The van der Waals surface area contributed by atoms with Gasteiger partial charge in [0.15, 0.2) is 0 Å². The van der Waals surface area contributed by atoms with Crippen molar-refractivity contribution in [1.29, 1.82) is 0 Å². The first-order chi connectivity index (χ1) is 9.61. The smallest absolute Gasteiger partial charge is 0.111 e. The summed E-state index contributed by atoms with van der Waals surface area (Å²) in [6, 6.07) is 9.00. The van der Waals surface area contributed by atoms with E-state index >= 15 is 0 Å². The summed E-state index contributed by atoms with van der Waals surface area (Å²) in [6.45, 7) is 6.78. The fraction of sp³-hybridized carbons (Fsp3) is 0.467. The van der Waals surface area contributed by atoms with Crippen LogP contribution in [0.4, 0.5) is 0 Å². The van der Waals surface area contributed by atoms with Crippen LogP contribution in [0.25, 0.3) is 0 Å². The standard InChI is InChI=1S/C15H20N4O/c1-11-4-3-5-13(6-11)7-18-8-14(9-18)19-10-15(12(2)20)16-17-19/h3-6,10,12,14,20H,7-9H2,1-2H3. The lowest BCUT2D eigenvalue weighted by Gasteiger charge is -2.38. The minimum absolute atomic E-state index is 0.375. The second-order valence-electron chi connectivity index (χ2n) is 5.64. The largest absolute Gasteiger partial charge is 0.387 e. The van der Waals surface area contributed by atoms with E-state index in [1.165, 1.54) is 11.1 Å². The number of aromatic nitrogens is 3. The Morgan fingerprint density at radius 3 is 2.85 bits per heavy atom.